The quantitative estimate of drug-likeness (QED) is 0.310. The SMILES string of the molecule is CCOC(=O)c1c(NC(=O)CSc2nnc(C3CC3c3ccccc3)n2CC)sc(C(N)=O)c1C. The third-order valence-corrected chi connectivity index (χ3v) is 8.04. The molecule has 35 heavy (non-hydrogen) atoms. The second-order valence-electron chi connectivity index (χ2n) is 8.13. The molecule has 0 bridgehead atoms. The zero-order valence-corrected chi connectivity index (χ0v) is 21.4. The van der Waals surface area contributed by atoms with E-state index in [1.54, 1.807) is 13.8 Å². The van der Waals surface area contributed by atoms with Crippen molar-refractivity contribution in [2.24, 2.45) is 5.73 Å². The maximum atomic E-state index is 12.7. The van der Waals surface area contributed by atoms with Gasteiger partial charge in [-0.15, -0.1) is 21.5 Å². The van der Waals surface area contributed by atoms with Crippen molar-refractivity contribution in [3.05, 3.63) is 57.7 Å². The molecule has 2 amide bonds. The molecule has 9 nitrogen and oxygen atoms in total. The fourth-order valence-electron chi connectivity index (χ4n) is 4.11. The van der Waals surface area contributed by atoms with Crippen LogP contribution in [-0.4, -0.2) is 44.9 Å². The highest BCUT2D eigenvalue weighted by molar-refractivity contribution is 7.99. The summed E-state index contributed by atoms with van der Waals surface area (Å²) >= 11 is 2.25. The van der Waals surface area contributed by atoms with E-state index in [2.05, 4.69) is 32.2 Å². The number of esters is 1. The third-order valence-electron chi connectivity index (χ3n) is 5.85. The Bertz CT molecular complexity index is 1250. The number of hydrogen-bond donors (Lipinski definition) is 2. The minimum absolute atomic E-state index is 0.0655. The highest BCUT2D eigenvalue weighted by atomic mass is 32.2. The molecule has 2 aromatic heterocycles. The summed E-state index contributed by atoms with van der Waals surface area (Å²) in [5.41, 5.74) is 7.29. The van der Waals surface area contributed by atoms with Crippen LogP contribution in [0, 0.1) is 6.92 Å². The Hall–Kier alpha value is -3.18. The number of primary amides is 1. The lowest BCUT2D eigenvalue weighted by molar-refractivity contribution is -0.113. The van der Waals surface area contributed by atoms with Crippen LogP contribution < -0.4 is 11.1 Å². The number of carbonyl (C=O) groups is 3. The molecule has 0 spiro atoms. The minimum atomic E-state index is -0.662. The largest absolute Gasteiger partial charge is 0.462 e. The number of rotatable bonds is 10. The Labute approximate surface area is 211 Å². The normalized spacial score (nSPS) is 16.7. The molecular formula is C24H27N5O4S2. The number of carbonyl (C=O) groups excluding carboxylic acids is 3. The van der Waals surface area contributed by atoms with Gasteiger partial charge in [0.1, 0.15) is 10.8 Å². The minimum Gasteiger partial charge on any atom is -0.462 e. The molecule has 184 valence electrons. The molecule has 1 saturated carbocycles. The molecular weight excluding hydrogens is 486 g/mol. The second-order valence-corrected chi connectivity index (χ2v) is 10.1. The van der Waals surface area contributed by atoms with E-state index >= 15 is 0 Å². The molecule has 2 atom stereocenters. The first-order valence-electron chi connectivity index (χ1n) is 11.4. The number of hydrogen-bond acceptors (Lipinski definition) is 8. The van der Waals surface area contributed by atoms with Gasteiger partial charge in [0.25, 0.3) is 5.91 Å². The summed E-state index contributed by atoms with van der Waals surface area (Å²) in [6.45, 7) is 6.19. The molecule has 3 N–H and O–H groups in total. The number of thioether (sulfide) groups is 1. The summed E-state index contributed by atoms with van der Waals surface area (Å²) in [5.74, 6) is 0.161. The molecule has 2 heterocycles. The van der Waals surface area contributed by atoms with Crippen molar-refractivity contribution in [2.75, 3.05) is 17.7 Å². The number of benzene rings is 1. The van der Waals surface area contributed by atoms with E-state index in [-0.39, 0.29) is 33.7 Å². The van der Waals surface area contributed by atoms with Gasteiger partial charge in [-0.3, -0.25) is 9.59 Å². The zero-order chi connectivity index (χ0) is 25.1. The lowest BCUT2D eigenvalue weighted by Crippen LogP contribution is -2.17. The van der Waals surface area contributed by atoms with E-state index in [9.17, 15) is 14.4 Å². The summed E-state index contributed by atoms with van der Waals surface area (Å²) in [5, 5.41) is 12.4. The predicted octanol–water partition coefficient (Wildman–Crippen LogP) is 3.95. The lowest BCUT2D eigenvalue weighted by Gasteiger charge is -2.08. The Morgan fingerprint density at radius 2 is 1.94 bits per heavy atom. The first kappa shape index (κ1) is 24.9. The van der Waals surface area contributed by atoms with E-state index in [1.165, 1.54) is 17.3 Å². The van der Waals surface area contributed by atoms with Crippen LogP contribution in [0.15, 0.2) is 35.5 Å². The van der Waals surface area contributed by atoms with Crippen LogP contribution in [0.25, 0.3) is 0 Å². The molecule has 1 aromatic carbocycles. The van der Waals surface area contributed by atoms with Crippen molar-refractivity contribution in [3.63, 3.8) is 0 Å². The topological polar surface area (TPSA) is 129 Å². The fraction of sp³-hybridized carbons (Fsp3) is 0.375. The van der Waals surface area contributed by atoms with Gasteiger partial charge in [-0.2, -0.15) is 0 Å². The maximum absolute atomic E-state index is 12.7. The Morgan fingerprint density at radius 1 is 1.20 bits per heavy atom. The van der Waals surface area contributed by atoms with Crippen molar-refractivity contribution < 1.29 is 19.1 Å². The molecule has 4 rings (SSSR count). The highest BCUT2D eigenvalue weighted by Crippen LogP contribution is 2.54. The molecule has 0 aliphatic heterocycles. The van der Waals surface area contributed by atoms with Gasteiger partial charge in [0.15, 0.2) is 5.16 Å². The monoisotopic (exact) mass is 513 g/mol. The number of amides is 2. The van der Waals surface area contributed by atoms with Crippen molar-refractivity contribution in [2.45, 2.75) is 50.7 Å². The van der Waals surface area contributed by atoms with Crippen molar-refractivity contribution in [1.29, 1.82) is 0 Å². The summed E-state index contributed by atoms with van der Waals surface area (Å²) in [6, 6.07) is 10.4. The molecule has 0 radical (unpaired) electrons. The van der Waals surface area contributed by atoms with E-state index in [0.717, 1.165) is 23.6 Å². The van der Waals surface area contributed by atoms with Gasteiger partial charge < -0.3 is 20.4 Å². The molecule has 3 aromatic rings. The molecule has 11 heteroatoms. The Kier molecular flexibility index (Phi) is 7.56. The van der Waals surface area contributed by atoms with Gasteiger partial charge in [-0.25, -0.2) is 4.79 Å². The Morgan fingerprint density at radius 3 is 2.60 bits per heavy atom. The number of anilines is 1. The van der Waals surface area contributed by atoms with Gasteiger partial charge in [-0.1, -0.05) is 42.1 Å². The van der Waals surface area contributed by atoms with Crippen molar-refractivity contribution in [1.82, 2.24) is 14.8 Å². The predicted molar refractivity (Wildman–Crippen MR) is 135 cm³/mol. The van der Waals surface area contributed by atoms with Crippen LogP contribution in [0.2, 0.25) is 0 Å². The summed E-state index contributed by atoms with van der Waals surface area (Å²) in [4.78, 5) is 37.1. The van der Waals surface area contributed by atoms with E-state index in [1.807, 2.05) is 25.1 Å². The first-order valence-corrected chi connectivity index (χ1v) is 13.2. The van der Waals surface area contributed by atoms with E-state index < -0.39 is 11.9 Å². The molecule has 2 unspecified atom stereocenters. The number of nitrogens with one attached hydrogen (secondary N) is 1. The lowest BCUT2D eigenvalue weighted by atomic mass is 10.1. The standard InChI is InChI=1S/C24H27N5O4S2/c1-4-29-21(16-11-15(16)14-9-7-6-8-10-14)27-28-24(29)34-12-17(30)26-22-18(23(32)33-5-2)13(3)19(35-22)20(25)31/h6-10,15-16H,4-5,11-12H2,1-3H3,(H2,25,31)(H,26,30). The molecule has 1 aliphatic rings. The van der Waals surface area contributed by atoms with Crippen LogP contribution in [0.3, 0.4) is 0 Å². The summed E-state index contributed by atoms with van der Waals surface area (Å²) < 4.78 is 7.14. The van der Waals surface area contributed by atoms with Crippen LogP contribution >= 0.6 is 23.1 Å². The van der Waals surface area contributed by atoms with Gasteiger partial charge >= 0.3 is 5.97 Å². The van der Waals surface area contributed by atoms with Crippen molar-refractivity contribution >= 4 is 45.9 Å². The average molecular weight is 514 g/mol. The van der Waals surface area contributed by atoms with E-state index in [0.29, 0.717) is 29.1 Å². The van der Waals surface area contributed by atoms with Gasteiger partial charge in [0.05, 0.1) is 22.8 Å². The maximum Gasteiger partial charge on any atom is 0.341 e. The second kappa shape index (κ2) is 10.6. The fourth-order valence-corrected chi connectivity index (χ4v) is 5.98. The molecule has 0 saturated heterocycles. The molecule has 1 fully saturated rings. The van der Waals surface area contributed by atoms with Crippen LogP contribution in [0.5, 0.6) is 0 Å². The van der Waals surface area contributed by atoms with E-state index in [4.69, 9.17) is 10.5 Å². The van der Waals surface area contributed by atoms with Crippen LogP contribution in [-0.2, 0) is 16.1 Å². The number of nitrogens with two attached hydrogens (primary N) is 1. The zero-order valence-electron chi connectivity index (χ0n) is 19.7. The number of aromatic nitrogens is 3. The first-order chi connectivity index (χ1) is 16.8. The van der Waals surface area contributed by atoms with Crippen molar-refractivity contribution in [3.8, 4) is 0 Å². The average Bonchev–Trinajstić information content (AvgIpc) is 3.42. The third kappa shape index (κ3) is 5.25. The van der Waals surface area contributed by atoms with Crippen LogP contribution in [0.4, 0.5) is 5.00 Å². The van der Waals surface area contributed by atoms with Gasteiger partial charge in [0.2, 0.25) is 5.91 Å². The van der Waals surface area contributed by atoms with Gasteiger partial charge in [0, 0.05) is 12.5 Å². The summed E-state index contributed by atoms with van der Waals surface area (Å²) in [7, 11) is 0. The smallest absolute Gasteiger partial charge is 0.341 e. The highest BCUT2D eigenvalue weighted by Gasteiger charge is 2.43. The number of thiophene rings is 1. The summed E-state index contributed by atoms with van der Waals surface area (Å²) in [6.07, 6.45) is 1.03. The number of ether oxygens (including phenoxy) is 1. The van der Waals surface area contributed by atoms with Gasteiger partial charge in [-0.05, 0) is 44.2 Å². The number of nitrogens with zero attached hydrogens (tertiary/aromatic N) is 3. The van der Waals surface area contributed by atoms with Crippen LogP contribution in [0.1, 0.15) is 69.1 Å². The Balaban J connectivity index is 1.44. The molecule has 1 aliphatic carbocycles.